The minimum absolute atomic E-state index is 0.0167. The number of aromatic nitrogens is 1. The predicted molar refractivity (Wildman–Crippen MR) is 104 cm³/mol. The average molecular weight is 363 g/mol. The zero-order valence-corrected chi connectivity index (χ0v) is 15.1. The van der Waals surface area contributed by atoms with Crippen LogP contribution in [0.5, 0.6) is 0 Å². The molecule has 0 spiro atoms. The Hall–Kier alpha value is -3.25. The number of benzene rings is 2. The Morgan fingerprint density at radius 3 is 2.48 bits per heavy atom. The molecule has 0 aliphatic heterocycles. The lowest BCUT2D eigenvalue weighted by Gasteiger charge is -2.16. The molecule has 3 aromatic rings. The Kier molecular flexibility index (Phi) is 5.78. The molecule has 0 saturated carbocycles. The van der Waals surface area contributed by atoms with Gasteiger partial charge in [-0.3, -0.25) is 19.8 Å². The van der Waals surface area contributed by atoms with E-state index in [4.69, 9.17) is 0 Å². The molecule has 0 aliphatic rings. The smallest absolute Gasteiger partial charge is 0.274 e. The summed E-state index contributed by atoms with van der Waals surface area (Å²) in [6.07, 6.45) is 1.78. The van der Waals surface area contributed by atoms with Crippen molar-refractivity contribution in [3.05, 3.63) is 99.9 Å². The Bertz CT molecular complexity index is 935. The van der Waals surface area contributed by atoms with Gasteiger partial charge in [0.1, 0.15) is 0 Å². The highest BCUT2D eigenvalue weighted by molar-refractivity contribution is 5.96. The maximum Gasteiger partial charge on any atom is 0.274 e. The fourth-order valence-electron chi connectivity index (χ4n) is 3.09. The number of hydrogen-bond acceptors (Lipinski definition) is 4. The van der Waals surface area contributed by atoms with Crippen molar-refractivity contribution in [1.29, 1.82) is 0 Å². The zero-order valence-electron chi connectivity index (χ0n) is 15.1. The summed E-state index contributed by atoms with van der Waals surface area (Å²) in [6, 6.07) is 20.1. The van der Waals surface area contributed by atoms with Crippen LogP contribution >= 0.6 is 0 Å². The lowest BCUT2D eigenvalue weighted by atomic mass is 10.1. The number of likely N-dealkylation sites (N-methyl/N-ethyl adjacent to an activating group) is 1. The van der Waals surface area contributed by atoms with Gasteiger partial charge < -0.3 is 4.57 Å². The molecule has 0 unspecified atom stereocenters. The van der Waals surface area contributed by atoms with E-state index in [1.54, 1.807) is 41.1 Å². The van der Waals surface area contributed by atoms with E-state index in [1.807, 2.05) is 42.3 Å². The molecule has 3 rings (SSSR count). The molecule has 1 aromatic heterocycles. The second-order valence-electron chi connectivity index (χ2n) is 6.49. The summed E-state index contributed by atoms with van der Waals surface area (Å²) < 4.78 is 1.76. The van der Waals surface area contributed by atoms with Crippen LogP contribution in [-0.4, -0.2) is 33.8 Å². The van der Waals surface area contributed by atoms with Crippen molar-refractivity contribution in [2.24, 2.45) is 0 Å². The van der Waals surface area contributed by atoms with Gasteiger partial charge in [-0.1, -0.05) is 48.5 Å². The SMILES string of the molecule is CN(CC(=O)c1cccn1Cc1ccccc1[N+](=O)[O-])Cc1ccccc1. The van der Waals surface area contributed by atoms with Gasteiger partial charge in [0.25, 0.3) is 5.69 Å². The highest BCUT2D eigenvalue weighted by atomic mass is 16.6. The Labute approximate surface area is 157 Å². The minimum atomic E-state index is -0.395. The van der Waals surface area contributed by atoms with Crippen LogP contribution in [-0.2, 0) is 13.1 Å². The third-order valence-corrected chi connectivity index (χ3v) is 4.35. The van der Waals surface area contributed by atoms with Crippen LogP contribution in [0.25, 0.3) is 0 Å². The standard InChI is InChI=1S/C21H21N3O3/c1-22(14-17-8-3-2-4-9-17)16-21(25)20-12-7-13-23(20)15-18-10-5-6-11-19(18)24(26)27/h2-13H,14-16H2,1H3. The first kappa shape index (κ1) is 18.5. The molecule has 6 nitrogen and oxygen atoms in total. The van der Waals surface area contributed by atoms with Gasteiger partial charge in [0, 0.05) is 24.4 Å². The van der Waals surface area contributed by atoms with Gasteiger partial charge in [0.15, 0.2) is 5.78 Å². The summed E-state index contributed by atoms with van der Waals surface area (Å²) in [5.74, 6) is -0.0167. The topological polar surface area (TPSA) is 68.4 Å². The first-order chi connectivity index (χ1) is 13.0. The van der Waals surface area contributed by atoms with Crippen molar-refractivity contribution in [3.63, 3.8) is 0 Å². The maximum absolute atomic E-state index is 12.7. The zero-order chi connectivity index (χ0) is 19.2. The molecule has 0 fully saturated rings. The number of nitrogens with zero attached hydrogens (tertiary/aromatic N) is 3. The van der Waals surface area contributed by atoms with Crippen molar-refractivity contribution < 1.29 is 9.72 Å². The lowest BCUT2D eigenvalue weighted by molar-refractivity contribution is -0.385. The Morgan fingerprint density at radius 1 is 1.04 bits per heavy atom. The first-order valence-electron chi connectivity index (χ1n) is 8.67. The number of nitro groups is 1. The number of Topliss-reactive ketones (excluding diaryl/α,β-unsaturated/α-hetero) is 1. The van der Waals surface area contributed by atoms with Crippen molar-refractivity contribution in [2.45, 2.75) is 13.1 Å². The van der Waals surface area contributed by atoms with E-state index in [9.17, 15) is 14.9 Å². The van der Waals surface area contributed by atoms with Crippen LogP contribution in [0.4, 0.5) is 5.69 Å². The van der Waals surface area contributed by atoms with Gasteiger partial charge in [-0.25, -0.2) is 0 Å². The fraction of sp³-hybridized carbons (Fsp3) is 0.190. The summed E-state index contributed by atoms with van der Waals surface area (Å²) in [7, 11) is 1.90. The van der Waals surface area contributed by atoms with Crippen LogP contribution in [0.2, 0.25) is 0 Å². The molecular weight excluding hydrogens is 342 g/mol. The molecule has 0 N–H and O–H groups in total. The van der Waals surface area contributed by atoms with Crippen molar-refractivity contribution in [3.8, 4) is 0 Å². The largest absolute Gasteiger partial charge is 0.340 e. The van der Waals surface area contributed by atoms with E-state index in [0.29, 0.717) is 17.8 Å². The number of carbonyl (C=O) groups is 1. The van der Waals surface area contributed by atoms with Crippen LogP contribution in [0.1, 0.15) is 21.6 Å². The van der Waals surface area contributed by atoms with Gasteiger partial charge in [0.05, 0.1) is 23.7 Å². The summed E-state index contributed by atoms with van der Waals surface area (Å²) in [5.41, 5.74) is 2.33. The van der Waals surface area contributed by atoms with Crippen LogP contribution in [0.3, 0.4) is 0 Å². The van der Waals surface area contributed by atoms with E-state index in [0.717, 1.165) is 5.56 Å². The minimum Gasteiger partial charge on any atom is -0.340 e. The number of para-hydroxylation sites is 1. The monoisotopic (exact) mass is 363 g/mol. The fourth-order valence-corrected chi connectivity index (χ4v) is 3.09. The predicted octanol–water partition coefficient (Wildman–Crippen LogP) is 3.76. The van der Waals surface area contributed by atoms with Crippen molar-refractivity contribution in [2.75, 3.05) is 13.6 Å². The Balaban J connectivity index is 1.71. The normalized spacial score (nSPS) is 10.9. The summed E-state index contributed by atoms with van der Waals surface area (Å²) in [4.78, 5) is 25.5. The van der Waals surface area contributed by atoms with Crippen LogP contribution in [0, 0.1) is 10.1 Å². The number of ketones is 1. The van der Waals surface area contributed by atoms with Crippen molar-refractivity contribution in [1.82, 2.24) is 9.47 Å². The molecule has 0 bridgehead atoms. The molecular formula is C21H21N3O3. The van der Waals surface area contributed by atoms with Crippen LogP contribution in [0.15, 0.2) is 72.9 Å². The molecule has 27 heavy (non-hydrogen) atoms. The third kappa shape index (κ3) is 4.68. The highest BCUT2D eigenvalue weighted by Gasteiger charge is 2.17. The molecule has 2 aromatic carbocycles. The van der Waals surface area contributed by atoms with E-state index < -0.39 is 4.92 Å². The highest BCUT2D eigenvalue weighted by Crippen LogP contribution is 2.20. The van der Waals surface area contributed by atoms with E-state index in [-0.39, 0.29) is 24.6 Å². The van der Waals surface area contributed by atoms with Gasteiger partial charge in [0.2, 0.25) is 0 Å². The van der Waals surface area contributed by atoms with Crippen molar-refractivity contribution >= 4 is 11.5 Å². The second kappa shape index (κ2) is 8.42. The molecule has 0 saturated heterocycles. The lowest BCUT2D eigenvalue weighted by Crippen LogP contribution is -2.27. The number of nitro benzene ring substituents is 1. The second-order valence-corrected chi connectivity index (χ2v) is 6.49. The van der Waals surface area contributed by atoms with E-state index in [1.165, 1.54) is 6.07 Å². The molecule has 0 amide bonds. The van der Waals surface area contributed by atoms with E-state index in [2.05, 4.69) is 0 Å². The number of carbonyl (C=O) groups excluding carboxylic acids is 1. The van der Waals surface area contributed by atoms with Crippen LogP contribution < -0.4 is 0 Å². The maximum atomic E-state index is 12.7. The summed E-state index contributed by atoms with van der Waals surface area (Å²) in [5, 5.41) is 11.2. The van der Waals surface area contributed by atoms with Gasteiger partial charge in [-0.05, 0) is 24.7 Å². The summed E-state index contributed by atoms with van der Waals surface area (Å²) in [6.45, 7) is 1.24. The number of rotatable bonds is 8. The molecule has 0 radical (unpaired) electrons. The first-order valence-corrected chi connectivity index (χ1v) is 8.67. The van der Waals surface area contributed by atoms with E-state index >= 15 is 0 Å². The van der Waals surface area contributed by atoms with Gasteiger partial charge in [-0.15, -0.1) is 0 Å². The Morgan fingerprint density at radius 2 is 1.74 bits per heavy atom. The molecule has 1 heterocycles. The third-order valence-electron chi connectivity index (χ3n) is 4.35. The summed E-state index contributed by atoms with van der Waals surface area (Å²) >= 11 is 0. The molecule has 0 atom stereocenters. The quantitative estimate of drug-likeness (QED) is 0.347. The number of hydrogen-bond donors (Lipinski definition) is 0. The van der Waals surface area contributed by atoms with Gasteiger partial charge in [-0.2, -0.15) is 0 Å². The molecule has 6 heteroatoms. The molecule has 0 aliphatic carbocycles. The average Bonchev–Trinajstić information content (AvgIpc) is 3.11. The molecule has 138 valence electrons. The van der Waals surface area contributed by atoms with Gasteiger partial charge >= 0.3 is 0 Å².